The van der Waals surface area contributed by atoms with Crippen LogP contribution in [0.3, 0.4) is 0 Å². The van der Waals surface area contributed by atoms with Crippen molar-refractivity contribution in [3.63, 3.8) is 0 Å². The molecule has 0 atom stereocenters. The van der Waals surface area contributed by atoms with Crippen LogP contribution >= 0.6 is 11.6 Å². The molecule has 5 aromatic rings. The first-order valence-corrected chi connectivity index (χ1v) is 12.2. The lowest BCUT2D eigenvalue weighted by molar-refractivity contribution is 0.431. The number of sulfonamides is 1. The molecule has 2 heterocycles. The van der Waals surface area contributed by atoms with E-state index >= 15 is 0 Å². The molecule has 0 saturated carbocycles. The van der Waals surface area contributed by atoms with Crippen LogP contribution in [0.4, 0.5) is 10.1 Å². The first-order valence-electron chi connectivity index (χ1n) is 10.3. The Morgan fingerprint density at radius 2 is 1.80 bits per heavy atom. The molecule has 0 fully saturated rings. The lowest BCUT2D eigenvalue weighted by atomic mass is 10.2. The molecule has 0 aliphatic heterocycles. The molecule has 2 aromatic heterocycles. The van der Waals surface area contributed by atoms with Crippen LogP contribution in [0.15, 0.2) is 94.7 Å². The minimum atomic E-state index is -3.89. The fraction of sp³-hybridized carbons (Fsp3) is 0.0417. The number of hydrogen-bond donors (Lipinski definition) is 1. The van der Waals surface area contributed by atoms with Gasteiger partial charge in [-0.25, -0.2) is 17.8 Å². The van der Waals surface area contributed by atoms with Gasteiger partial charge in [-0.3, -0.25) is 4.72 Å². The van der Waals surface area contributed by atoms with Crippen molar-refractivity contribution in [1.29, 1.82) is 0 Å². The monoisotopic (exact) mass is 509 g/mol. The Morgan fingerprint density at radius 1 is 1.03 bits per heavy atom. The number of halogens is 2. The Hall–Kier alpha value is -4.02. The van der Waals surface area contributed by atoms with Gasteiger partial charge in [-0.15, -0.1) is 0 Å². The van der Waals surface area contributed by atoms with E-state index in [9.17, 15) is 12.8 Å². The number of aromatic nitrogens is 4. The van der Waals surface area contributed by atoms with Crippen LogP contribution in [0.25, 0.3) is 23.0 Å². The van der Waals surface area contributed by atoms with Crippen molar-refractivity contribution in [2.45, 2.75) is 11.4 Å². The van der Waals surface area contributed by atoms with Crippen molar-refractivity contribution in [3.05, 3.63) is 102 Å². The third-order valence-electron chi connectivity index (χ3n) is 5.06. The lowest BCUT2D eigenvalue weighted by Crippen LogP contribution is -2.13. The largest absolute Gasteiger partial charge is 0.332 e. The van der Waals surface area contributed by atoms with Gasteiger partial charge in [0.1, 0.15) is 11.5 Å². The molecule has 8 nitrogen and oxygen atoms in total. The van der Waals surface area contributed by atoms with Gasteiger partial charge in [-0.1, -0.05) is 35.0 Å². The summed E-state index contributed by atoms with van der Waals surface area (Å²) in [5, 5.41) is 4.61. The van der Waals surface area contributed by atoms with Crippen LogP contribution in [0.1, 0.15) is 5.56 Å². The van der Waals surface area contributed by atoms with Gasteiger partial charge in [0.15, 0.2) is 0 Å². The van der Waals surface area contributed by atoms with E-state index in [1.165, 1.54) is 18.2 Å². The zero-order valence-electron chi connectivity index (χ0n) is 18.0. The molecule has 3 aromatic carbocycles. The number of imidazole rings is 1. The summed E-state index contributed by atoms with van der Waals surface area (Å²) in [7, 11) is -3.89. The van der Waals surface area contributed by atoms with E-state index < -0.39 is 15.8 Å². The molecule has 0 saturated heterocycles. The van der Waals surface area contributed by atoms with Crippen LogP contribution in [0.2, 0.25) is 5.02 Å². The standard InChI is InChI=1S/C24H17ClFN5O3S/c25-18-8-6-17(7-9-18)23-28-24(34-29-23)22-14-31(15-27-22)13-16-4-10-20(11-5-16)30-35(32,33)21-3-1-2-19(26)12-21/h1-12,14-15,30H,13H2. The number of benzene rings is 3. The predicted molar refractivity (Wildman–Crippen MR) is 129 cm³/mol. The molecule has 11 heteroatoms. The maximum absolute atomic E-state index is 13.4. The van der Waals surface area contributed by atoms with E-state index in [0.717, 1.165) is 17.2 Å². The van der Waals surface area contributed by atoms with E-state index in [0.29, 0.717) is 28.8 Å². The Morgan fingerprint density at radius 3 is 2.54 bits per heavy atom. The minimum absolute atomic E-state index is 0.146. The van der Waals surface area contributed by atoms with E-state index in [2.05, 4.69) is 19.8 Å². The molecule has 0 spiro atoms. The molecular formula is C24H17ClFN5O3S. The quantitative estimate of drug-likeness (QED) is 0.322. The average molecular weight is 510 g/mol. The van der Waals surface area contributed by atoms with Gasteiger partial charge in [0.2, 0.25) is 5.82 Å². The van der Waals surface area contributed by atoms with Gasteiger partial charge < -0.3 is 9.09 Å². The Balaban J connectivity index is 1.26. The van der Waals surface area contributed by atoms with Gasteiger partial charge in [0.25, 0.3) is 15.9 Å². The molecule has 0 aliphatic carbocycles. The van der Waals surface area contributed by atoms with Crippen molar-refractivity contribution < 1.29 is 17.3 Å². The highest BCUT2D eigenvalue weighted by molar-refractivity contribution is 7.92. The second-order valence-corrected chi connectivity index (χ2v) is 9.74. The first kappa shape index (κ1) is 22.8. The smallest absolute Gasteiger partial charge is 0.278 e. The summed E-state index contributed by atoms with van der Waals surface area (Å²) in [6.45, 7) is 0.488. The van der Waals surface area contributed by atoms with E-state index in [1.807, 2.05) is 4.57 Å². The van der Waals surface area contributed by atoms with Gasteiger partial charge in [-0.2, -0.15) is 4.98 Å². The second-order valence-electron chi connectivity index (χ2n) is 7.62. The fourth-order valence-electron chi connectivity index (χ4n) is 3.34. The molecule has 0 amide bonds. The predicted octanol–water partition coefficient (Wildman–Crippen LogP) is 5.24. The third-order valence-corrected chi connectivity index (χ3v) is 6.69. The molecule has 1 N–H and O–H groups in total. The molecule has 5 rings (SSSR count). The summed E-state index contributed by atoms with van der Waals surface area (Å²) in [6, 6.07) is 18.8. The zero-order valence-corrected chi connectivity index (χ0v) is 19.5. The molecular weight excluding hydrogens is 493 g/mol. The highest BCUT2D eigenvalue weighted by Crippen LogP contribution is 2.23. The zero-order chi connectivity index (χ0) is 24.4. The van der Waals surface area contributed by atoms with Crippen molar-refractivity contribution in [2.24, 2.45) is 0 Å². The van der Waals surface area contributed by atoms with Crippen molar-refractivity contribution >= 4 is 27.3 Å². The number of hydrogen-bond acceptors (Lipinski definition) is 6. The van der Waals surface area contributed by atoms with Crippen molar-refractivity contribution in [3.8, 4) is 23.0 Å². The summed E-state index contributed by atoms with van der Waals surface area (Å²) >= 11 is 5.92. The molecule has 176 valence electrons. The van der Waals surface area contributed by atoms with Gasteiger partial charge in [-0.05, 0) is 60.2 Å². The number of anilines is 1. The van der Waals surface area contributed by atoms with Gasteiger partial charge >= 0.3 is 0 Å². The Kier molecular flexibility index (Phi) is 6.06. The van der Waals surface area contributed by atoms with Crippen LogP contribution < -0.4 is 4.72 Å². The second kappa shape index (κ2) is 9.32. The summed E-state index contributed by atoms with van der Waals surface area (Å²) < 4.78 is 47.9. The third kappa shape index (κ3) is 5.23. The summed E-state index contributed by atoms with van der Waals surface area (Å²) in [4.78, 5) is 8.58. The van der Waals surface area contributed by atoms with Crippen LogP contribution in [-0.2, 0) is 16.6 Å². The molecule has 0 radical (unpaired) electrons. The summed E-state index contributed by atoms with van der Waals surface area (Å²) in [6.07, 6.45) is 3.42. The number of rotatable bonds is 7. The highest BCUT2D eigenvalue weighted by atomic mass is 35.5. The highest BCUT2D eigenvalue weighted by Gasteiger charge is 2.15. The van der Waals surface area contributed by atoms with E-state index in [4.69, 9.17) is 16.1 Å². The van der Waals surface area contributed by atoms with E-state index in [-0.39, 0.29) is 10.8 Å². The van der Waals surface area contributed by atoms with Crippen LogP contribution in [-0.4, -0.2) is 28.1 Å². The van der Waals surface area contributed by atoms with Gasteiger partial charge in [0.05, 0.1) is 11.2 Å². The fourth-order valence-corrected chi connectivity index (χ4v) is 4.55. The molecule has 0 bridgehead atoms. The Bertz CT molecular complexity index is 1580. The molecule has 35 heavy (non-hydrogen) atoms. The van der Waals surface area contributed by atoms with Crippen LogP contribution in [0.5, 0.6) is 0 Å². The van der Waals surface area contributed by atoms with E-state index in [1.54, 1.807) is 61.1 Å². The molecule has 0 aliphatic rings. The Labute approximate surface area is 205 Å². The van der Waals surface area contributed by atoms with Crippen molar-refractivity contribution in [1.82, 2.24) is 19.7 Å². The van der Waals surface area contributed by atoms with Crippen LogP contribution in [0, 0.1) is 5.82 Å². The maximum Gasteiger partial charge on any atom is 0.278 e. The summed E-state index contributed by atoms with van der Waals surface area (Å²) in [5.41, 5.74) is 2.58. The lowest BCUT2D eigenvalue weighted by Gasteiger charge is -2.09. The maximum atomic E-state index is 13.4. The van der Waals surface area contributed by atoms with Gasteiger partial charge in [0, 0.05) is 29.0 Å². The van der Waals surface area contributed by atoms with Crippen molar-refractivity contribution in [2.75, 3.05) is 4.72 Å². The number of nitrogens with one attached hydrogen (secondary N) is 1. The minimum Gasteiger partial charge on any atom is -0.332 e. The normalized spacial score (nSPS) is 11.5. The number of nitrogens with zero attached hydrogens (tertiary/aromatic N) is 4. The SMILES string of the molecule is O=S(=O)(Nc1ccc(Cn2cnc(-c3nc(-c4ccc(Cl)cc4)no3)c2)cc1)c1cccc(F)c1. The molecule has 0 unspecified atom stereocenters. The topological polar surface area (TPSA) is 103 Å². The average Bonchev–Trinajstić information content (AvgIpc) is 3.51. The first-order chi connectivity index (χ1) is 16.9. The summed E-state index contributed by atoms with van der Waals surface area (Å²) in [5.74, 6) is 0.1000.